The van der Waals surface area contributed by atoms with Gasteiger partial charge in [0.1, 0.15) is 0 Å². The fraction of sp³-hybridized carbons (Fsp3) is 0.900. The first-order chi connectivity index (χ1) is 7.96. The van der Waals surface area contributed by atoms with Crippen LogP contribution in [0.3, 0.4) is 0 Å². The minimum absolute atomic E-state index is 0.231. The topological polar surface area (TPSA) is 84.2 Å². The molecule has 1 aliphatic rings. The zero-order valence-corrected chi connectivity index (χ0v) is 11.7. The van der Waals surface area contributed by atoms with Gasteiger partial charge in [-0.15, -0.1) is 0 Å². The van der Waals surface area contributed by atoms with E-state index in [0.29, 0.717) is 6.54 Å². The summed E-state index contributed by atoms with van der Waals surface area (Å²) in [6.45, 7) is 2.08. The maximum atomic E-state index is 11.7. The molecule has 4 N–H and O–H groups in total. The van der Waals surface area contributed by atoms with Crippen LogP contribution in [0.5, 0.6) is 0 Å². The van der Waals surface area contributed by atoms with Crippen LogP contribution in [0.1, 0.15) is 39.0 Å². The lowest BCUT2D eigenvalue weighted by Crippen LogP contribution is -2.52. The molecule has 1 rings (SSSR count). The number of nitrogens with two attached hydrogens (primary N) is 1. The summed E-state index contributed by atoms with van der Waals surface area (Å²) in [5, 5.41) is 0. The summed E-state index contributed by atoms with van der Waals surface area (Å²) in [6, 6.07) is -0.422. The fourth-order valence-corrected chi connectivity index (χ4v) is 3.70. The van der Waals surface area contributed by atoms with Crippen molar-refractivity contribution in [1.29, 1.82) is 0 Å². The first-order valence-corrected chi connectivity index (χ1v) is 7.91. The van der Waals surface area contributed by atoms with Crippen molar-refractivity contribution in [3.8, 4) is 0 Å². The molecule has 0 saturated heterocycles. The van der Waals surface area contributed by atoms with E-state index in [0.717, 1.165) is 25.7 Å². The van der Waals surface area contributed by atoms with Gasteiger partial charge in [0.25, 0.3) is 10.2 Å². The van der Waals surface area contributed by atoms with Crippen molar-refractivity contribution in [2.24, 2.45) is 11.7 Å². The second-order valence-corrected chi connectivity index (χ2v) is 6.40. The smallest absolute Gasteiger partial charge is 0.277 e. The Morgan fingerprint density at radius 3 is 2.47 bits per heavy atom. The molecule has 1 fully saturated rings. The van der Waals surface area contributed by atoms with Crippen molar-refractivity contribution >= 4 is 27.4 Å². The van der Waals surface area contributed by atoms with Crippen molar-refractivity contribution in [2.75, 3.05) is 6.54 Å². The van der Waals surface area contributed by atoms with E-state index in [2.05, 4.69) is 9.44 Å². The van der Waals surface area contributed by atoms with Gasteiger partial charge in [-0.2, -0.15) is 13.1 Å². The average molecular weight is 279 g/mol. The van der Waals surface area contributed by atoms with Gasteiger partial charge in [0.05, 0.1) is 11.0 Å². The maximum Gasteiger partial charge on any atom is 0.277 e. The molecule has 0 radical (unpaired) electrons. The first kappa shape index (κ1) is 14.8. The van der Waals surface area contributed by atoms with Gasteiger partial charge in [-0.05, 0) is 18.8 Å². The molecule has 0 aliphatic heterocycles. The van der Waals surface area contributed by atoms with Gasteiger partial charge in [-0.25, -0.2) is 4.72 Å². The zero-order valence-electron chi connectivity index (χ0n) is 10.1. The summed E-state index contributed by atoms with van der Waals surface area (Å²) < 4.78 is 28.3. The standard InChI is InChI=1S/C10H21N3O2S2/c1-2-12-17(14,15)13-9(10(11)16)8-6-4-3-5-7-8/h8-9,12-13H,2-7H2,1H3,(H2,11,16). The summed E-state index contributed by atoms with van der Waals surface area (Å²) in [5.74, 6) is 0.231. The first-order valence-electron chi connectivity index (χ1n) is 6.02. The molecule has 7 heteroatoms. The van der Waals surface area contributed by atoms with Crippen LogP contribution in [-0.2, 0) is 10.2 Å². The summed E-state index contributed by atoms with van der Waals surface area (Å²) in [5.41, 5.74) is 5.65. The predicted molar refractivity (Wildman–Crippen MR) is 72.9 cm³/mol. The minimum atomic E-state index is -3.49. The fourth-order valence-electron chi connectivity index (χ4n) is 2.25. The largest absolute Gasteiger partial charge is 0.392 e. The molecule has 0 bridgehead atoms. The molecule has 1 saturated carbocycles. The van der Waals surface area contributed by atoms with Gasteiger partial charge < -0.3 is 5.73 Å². The van der Waals surface area contributed by atoms with Crippen LogP contribution < -0.4 is 15.2 Å². The molecule has 0 aromatic heterocycles. The highest BCUT2D eigenvalue weighted by Gasteiger charge is 2.29. The van der Waals surface area contributed by atoms with E-state index in [1.807, 2.05) is 0 Å². The molecule has 0 aromatic carbocycles. The van der Waals surface area contributed by atoms with Crippen molar-refractivity contribution in [3.05, 3.63) is 0 Å². The highest BCUT2D eigenvalue weighted by molar-refractivity contribution is 7.87. The van der Waals surface area contributed by atoms with Gasteiger partial charge >= 0.3 is 0 Å². The van der Waals surface area contributed by atoms with Crippen LogP contribution >= 0.6 is 12.2 Å². The Kier molecular flexibility index (Phi) is 5.78. The lowest BCUT2D eigenvalue weighted by molar-refractivity contribution is 0.330. The van der Waals surface area contributed by atoms with Crippen molar-refractivity contribution in [3.63, 3.8) is 0 Å². The lowest BCUT2D eigenvalue weighted by atomic mass is 9.84. The molecular formula is C10H21N3O2S2. The van der Waals surface area contributed by atoms with E-state index in [1.165, 1.54) is 6.42 Å². The summed E-state index contributed by atoms with van der Waals surface area (Å²) >= 11 is 4.97. The molecule has 0 spiro atoms. The molecule has 0 amide bonds. The van der Waals surface area contributed by atoms with E-state index in [9.17, 15) is 8.42 Å². The van der Waals surface area contributed by atoms with Crippen LogP contribution in [0.2, 0.25) is 0 Å². The Morgan fingerprint density at radius 2 is 2.00 bits per heavy atom. The molecule has 1 atom stereocenters. The predicted octanol–water partition coefficient (Wildman–Crippen LogP) is 0.665. The zero-order chi connectivity index (χ0) is 12.9. The molecule has 5 nitrogen and oxygen atoms in total. The third kappa shape index (κ3) is 4.87. The second-order valence-electron chi connectivity index (χ2n) is 4.40. The van der Waals surface area contributed by atoms with Crippen molar-refractivity contribution < 1.29 is 8.42 Å². The summed E-state index contributed by atoms with van der Waals surface area (Å²) in [6.07, 6.45) is 5.41. The number of nitrogens with one attached hydrogen (secondary N) is 2. The molecular weight excluding hydrogens is 258 g/mol. The van der Waals surface area contributed by atoms with Gasteiger partial charge in [0.2, 0.25) is 0 Å². The highest BCUT2D eigenvalue weighted by atomic mass is 32.2. The summed E-state index contributed by atoms with van der Waals surface area (Å²) in [7, 11) is -3.49. The Bertz CT molecular complexity index is 351. The SMILES string of the molecule is CCNS(=O)(=O)NC(C(N)=S)C1CCCCC1. The average Bonchev–Trinajstić information content (AvgIpc) is 2.27. The molecule has 1 aliphatic carbocycles. The maximum absolute atomic E-state index is 11.7. The lowest BCUT2D eigenvalue weighted by Gasteiger charge is -2.29. The molecule has 100 valence electrons. The Balaban J connectivity index is 2.69. The highest BCUT2D eigenvalue weighted by Crippen LogP contribution is 2.26. The van der Waals surface area contributed by atoms with Crippen LogP contribution in [0.4, 0.5) is 0 Å². The van der Waals surface area contributed by atoms with Crippen LogP contribution in [-0.4, -0.2) is 26.0 Å². The van der Waals surface area contributed by atoms with Gasteiger partial charge in [0.15, 0.2) is 0 Å². The van der Waals surface area contributed by atoms with Gasteiger partial charge in [-0.3, -0.25) is 0 Å². The van der Waals surface area contributed by atoms with Crippen molar-refractivity contribution in [2.45, 2.75) is 45.1 Å². The number of hydrogen-bond acceptors (Lipinski definition) is 3. The van der Waals surface area contributed by atoms with E-state index < -0.39 is 16.3 Å². The molecule has 0 heterocycles. The quantitative estimate of drug-likeness (QED) is 0.624. The van der Waals surface area contributed by atoms with Crippen LogP contribution in [0.25, 0.3) is 0 Å². The van der Waals surface area contributed by atoms with Crippen LogP contribution in [0.15, 0.2) is 0 Å². The molecule has 1 unspecified atom stereocenters. The van der Waals surface area contributed by atoms with E-state index in [4.69, 9.17) is 18.0 Å². The Hall–Kier alpha value is -0.240. The third-order valence-electron chi connectivity index (χ3n) is 3.04. The second kappa shape index (κ2) is 6.63. The van der Waals surface area contributed by atoms with Gasteiger partial charge in [-0.1, -0.05) is 38.4 Å². The molecule has 17 heavy (non-hydrogen) atoms. The van der Waals surface area contributed by atoms with Crippen LogP contribution in [0, 0.1) is 5.92 Å². The third-order valence-corrected chi connectivity index (χ3v) is 4.53. The van der Waals surface area contributed by atoms with Gasteiger partial charge in [0, 0.05) is 6.54 Å². The van der Waals surface area contributed by atoms with E-state index in [1.54, 1.807) is 6.92 Å². The monoisotopic (exact) mass is 279 g/mol. The Morgan fingerprint density at radius 1 is 1.41 bits per heavy atom. The molecule has 0 aromatic rings. The number of thiocarbonyl (C=S) groups is 1. The minimum Gasteiger partial charge on any atom is -0.392 e. The Labute approximate surface area is 109 Å². The normalized spacial score (nSPS) is 20.1. The van der Waals surface area contributed by atoms with Crippen molar-refractivity contribution in [1.82, 2.24) is 9.44 Å². The van der Waals surface area contributed by atoms with E-state index >= 15 is 0 Å². The van der Waals surface area contributed by atoms with E-state index in [-0.39, 0.29) is 10.9 Å². The number of rotatable bonds is 6. The number of hydrogen-bond donors (Lipinski definition) is 3. The summed E-state index contributed by atoms with van der Waals surface area (Å²) in [4.78, 5) is 0.235.